The van der Waals surface area contributed by atoms with Crippen molar-refractivity contribution < 1.29 is 0 Å². The highest BCUT2D eigenvalue weighted by Gasteiger charge is 2.44. The first-order valence-electron chi connectivity index (χ1n) is 8.11. The highest BCUT2D eigenvalue weighted by Crippen LogP contribution is 2.48. The van der Waals surface area contributed by atoms with Crippen molar-refractivity contribution >= 4 is 28.9 Å². The van der Waals surface area contributed by atoms with Gasteiger partial charge in [-0.25, -0.2) is 4.98 Å². The number of aryl methyl sites for hydroxylation is 1. The van der Waals surface area contributed by atoms with Crippen LogP contribution in [0.5, 0.6) is 0 Å². The molecule has 1 saturated carbocycles. The van der Waals surface area contributed by atoms with E-state index in [1.165, 1.54) is 18.4 Å². The second-order valence-corrected chi connectivity index (χ2v) is 7.90. The molecule has 0 aliphatic heterocycles. The summed E-state index contributed by atoms with van der Waals surface area (Å²) in [6.45, 7) is 3.66. The Balaban J connectivity index is 1.62. The van der Waals surface area contributed by atoms with Crippen molar-refractivity contribution in [2.24, 2.45) is 4.99 Å². The van der Waals surface area contributed by atoms with Gasteiger partial charge in [-0.1, -0.05) is 23.7 Å². The van der Waals surface area contributed by atoms with E-state index in [1.807, 2.05) is 33.2 Å². The molecule has 4 nitrogen and oxygen atoms in total. The van der Waals surface area contributed by atoms with Crippen LogP contribution in [0, 0.1) is 6.92 Å². The highest BCUT2D eigenvalue weighted by atomic mass is 35.5. The first-order valence-corrected chi connectivity index (χ1v) is 9.37. The number of nitrogens with one attached hydrogen (secondary N) is 1. The Morgan fingerprint density at radius 1 is 1.46 bits per heavy atom. The molecular formula is C18H23ClN4S. The molecule has 2 aromatic rings. The van der Waals surface area contributed by atoms with Crippen LogP contribution in [0.1, 0.15) is 29.1 Å². The summed E-state index contributed by atoms with van der Waals surface area (Å²) < 4.78 is 0. The zero-order chi connectivity index (χ0) is 17.2. The van der Waals surface area contributed by atoms with E-state index < -0.39 is 0 Å². The van der Waals surface area contributed by atoms with E-state index >= 15 is 0 Å². The molecule has 128 valence electrons. The number of hydrogen-bond donors (Lipinski definition) is 1. The van der Waals surface area contributed by atoms with E-state index in [9.17, 15) is 0 Å². The summed E-state index contributed by atoms with van der Waals surface area (Å²) in [6.07, 6.45) is 2.37. The predicted octanol–water partition coefficient (Wildman–Crippen LogP) is 3.84. The zero-order valence-electron chi connectivity index (χ0n) is 14.3. The number of hydrogen-bond acceptors (Lipinski definition) is 3. The molecule has 1 aromatic heterocycles. The fourth-order valence-corrected chi connectivity index (χ4v) is 3.76. The Bertz CT molecular complexity index is 736. The van der Waals surface area contributed by atoms with Gasteiger partial charge < -0.3 is 10.2 Å². The molecule has 1 heterocycles. The Kier molecular flexibility index (Phi) is 5.11. The van der Waals surface area contributed by atoms with E-state index in [1.54, 1.807) is 11.3 Å². The number of aromatic nitrogens is 1. The third kappa shape index (κ3) is 3.90. The molecule has 24 heavy (non-hydrogen) atoms. The lowest BCUT2D eigenvalue weighted by atomic mass is 9.96. The van der Waals surface area contributed by atoms with Gasteiger partial charge in [0.05, 0.1) is 17.2 Å². The third-order valence-corrected chi connectivity index (χ3v) is 5.57. The van der Waals surface area contributed by atoms with Crippen LogP contribution in [-0.2, 0) is 12.0 Å². The van der Waals surface area contributed by atoms with Gasteiger partial charge >= 0.3 is 0 Å². The van der Waals surface area contributed by atoms with Crippen molar-refractivity contribution in [3.63, 3.8) is 0 Å². The number of halogens is 1. The summed E-state index contributed by atoms with van der Waals surface area (Å²) in [5.74, 6) is 0.897. The summed E-state index contributed by atoms with van der Waals surface area (Å²) in [7, 11) is 3.87. The van der Waals surface area contributed by atoms with Crippen molar-refractivity contribution in [2.45, 2.75) is 31.7 Å². The lowest BCUT2D eigenvalue weighted by Gasteiger charge is -2.24. The minimum atomic E-state index is 0.193. The number of benzene rings is 1. The molecule has 0 unspecified atom stereocenters. The van der Waals surface area contributed by atoms with Crippen molar-refractivity contribution in [3.8, 4) is 0 Å². The number of aliphatic imine (C=N–C) groups is 1. The molecule has 0 atom stereocenters. The third-order valence-electron chi connectivity index (χ3n) is 4.51. The van der Waals surface area contributed by atoms with Gasteiger partial charge in [-0.2, -0.15) is 0 Å². The summed E-state index contributed by atoms with van der Waals surface area (Å²) in [6, 6.07) is 8.21. The van der Waals surface area contributed by atoms with Crippen LogP contribution in [-0.4, -0.2) is 36.5 Å². The second-order valence-electron chi connectivity index (χ2n) is 6.41. The Morgan fingerprint density at radius 2 is 2.25 bits per heavy atom. The fourth-order valence-electron chi connectivity index (χ4n) is 2.97. The van der Waals surface area contributed by atoms with Crippen LogP contribution in [0.2, 0.25) is 5.02 Å². The number of thiazole rings is 1. The van der Waals surface area contributed by atoms with Gasteiger partial charge in [0, 0.05) is 36.5 Å². The van der Waals surface area contributed by atoms with Crippen molar-refractivity contribution in [3.05, 3.63) is 50.9 Å². The van der Waals surface area contributed by atoms with Crippen LogP contribution < -0.4 is 5.32 Å². The van der Waals surface area contributed by atoms with Crippen molar-refractivity contribution in [2.75, 3.05) is 20.6 Å². The van der Waals surface area contributed by atoms with E-state index in [0.29, 0.717) is 0 Å². The summed E-state index contributed by atoms with van der Waals surface area (Å²) in [5.41, 5.74) is 2.59. The minimum absolute atomic E-state index is 0.193. The Labute approximate surface area is 152 Å². The molecule has 0 bridgehead atoms. The lowest BCUT2D eigenvalue weighted by molar-refractivity contribution is 0.464. The molecule has 1 fully saturated rings. The number of guanidine groups is 1. The normalized spacial score (nSPS) is 16.1. The summed E-state index contributed by atoms with van der Waals surface area (Å²) >= 11 is 7.83. The maximum absolute atomic E-state index is 6.15. The van der Waals surface area contributed by atoms with Crippen molar-refractivity contribution in [1.29, 1.82) is 0 Å². The fraction of sp³-hybridized carbons (Fsp3) is 0.444. The topological polar surface area (TPSA) is 40.5 Å². The van der Waals surface area contributed by atoms with Crippen molar-refractivity contribution in [1.82, 2.24) is 15.2 Å². The average molecular weight is 363 g/mol. The molecule has 0 saturated heterocycles. The molecule has 0 amide bonds. The van der Waals surface area contributed by atoms with Crippen LogP contribution in [0.3, 0.4) is 0 Å². The van der Waals surface area contributed by atoms with E-state index in [4.69, 9.17) is 11.6 Å². The molecule has 1 aliphatic carbocycles. The first kappa shape index (κ1) is 17.2. The standard InChI is InChI=1S/C18H23ClN4S/c1-13-22-16(11-24-13)10-23(3)17(20-2)21-12-18(7-8-18)14-5-4-6-15(19)9-14/h4-6,9,11H,7-8,10,12H2,1-3H3,(H,20,21). The van der Waals surface area contributed by atoms with E-state index in [-0.39, 0.29) is 5.41 Å². The molecule has 0 spiro atoms. The maximum Gasteiger partial charge on any atom is 0.193 e. The summed E-state index contributed by atoms with van der Waals surface area (Å²) in [4.78, 5) is 11.1. The van der Waals surface area contributed by atoms with Gasteiger partial charge in [-0.3, -0.25) is 4.99 Å². The predicted molar refractivity (Wildman–Crippen MR) is 102 cm³/mol. The van der Waals surface area contributed by atoms with Crippen LogP contribution in [0.25, 0.3) is 0 Å². The summed E-state index contributed by atoms with van der Waals surface area (Å²) in [5, 5.41) is 7.53. The Morgan fingerprint density at radius 3 is 2.83 bits per heavy atom. The van der Waals surface area contributed by atoms with Crippen LogP contribution in [0.15, 0.2) is 34.6 Å². The number of rotatable bonds is 5. The molecule has 1 aliphatic rings. The lowest BCUT2D eigenvalue weighted by Crippen LogP contribution is -2.42. The van der Waals surface area contributed by atoms with E-state index in [2.05, 4.69) is 37.7 Å². The van der Waals surface area contributed by atoms with Gasteiger partial charge in [-0.05, 0) is 37.5 Å². The monoisotopic (exact) mass is 362 g/mol. The van der Waals surface area contributed by atoms with Gasteiger partial charge in [0.2, 0.25) is 0 Å². The molecule has 0 radical (unpaired) electrons. The second kappa shape index (κ2) is 7.11. The molecule has 1 N–H and O–H groups in total. The highest BCUT2D eigenvalue weighted by molar-refractivity contribution is 7.09. The average Bonchev–Trinajstić information content (AvgIpc) is 3.24. The quantitative estimate of drug-likeness (QED) is 0.648. The van der Waals surface area contributed by atoms with Gasteiger partial charge in [0.15, 0.2) is 5.96 Å². The number of nitrogens with zero attached hydrogens (tertiary/aromatic N) is 3. The minimum Gasteiger partial charge on any atom is -0.355 e. The maximum atomic E-state index is 6.15. The SMILES string of the molecule is CN=C(NCC1(c2cccc(Cl)c2)CC1)N(C)Cc1csc(C)n1. The van der Waals surface area contributed by atoms with Gasteiger partial charge in [-0.15, -0.1) is 11.3 Å². The van der Waals surface area contributed by atoms with Crippen LogP contribution >= 0.6 is 22.9 Å². The van der Waals surface area contributed by atoms with Gasteiger partial charge in [0.1, 0.15) is 0 Å². The smallest absolute Gasteiger partial charge is 0.193 e. The first-order chi connectivity index (χ1) is 11.5. The van der Waals surface area contributed by atoms with Crippen LogP contribution in [0.4, 0.5) is 0 Å². The molecule has 1 aromatic carbocycles. The Hall–Kier alpha value is -1.59. The molecule has 3 rings (SSSR count). The molecule has 6 heteroatoms. The van der Waals surface area contributed by atoms with E-state index in [0.717, 1.165) is 34.8 Å². The zero-order valence-corrected chi connectivity index (χ0v) is 15.9. The molecular weight excluding hydrogens is 340 g/mol. The largest absolute Gasteiger partial charge is 0.355 e. The van der Waals surface area contributed by atoms with Gasteiger partial charge in [0.25, 0.3) is 0 Å².